The highest BCUT2D eigenvalue weighted by atomic mass is 28.4. The fourth-order valence-electron chi connectivity index (χ4n) is 3.69. The Labute approximate surface area is 180 Å². The Morgan fingerprint density at radius 1 is 0.900 bits per heavy atom. The molecule has 0 atom stereocenters. The van der Waals surface area contributed by atoms with E-state index in [1.165, 1.54) is 7.11 Å². The van der Waals surface area contributed by atoms with Crippen LogP contribution >= 0.6 is 0 Å². The molecule has 3 rings (SSSR count). The zero-order valence-corrected chi connectivity index (χ0v) is 19.8. The summed E-state index contributed by atoms with van der Waals surface area (Å²) in [5.41, 5.74) is 1.95. The van der Waals surface area contributed by atoms with Crippen molar-refractivity contribution in [2.24, 2.45) is 0 Å². The normalized spacial score (nSPS) is 19.7. The van der Waals surface area contributed by atoms with E-state index in [0.29, 0.717) is 12.2 Å². The van der Waals surface area contributed by atoms with Crippen LogP contribution in [-0.2, 0) is 18.0 Å². The summed E-state index contributed by atoms with van der Waals surface area (Å²) < 4.78 is 24.2. The predicted octanol–water partition coefficient (Wildman–Crippen LogP) is 4.71. The molecule has 1 saturated heterocycles. The number of benzene rings is 2. The number of carbonyl (C=O) groups is 1. The zero-order valence-electron chi connectivity index (χ0n) is 18.8. The van der Waals surface area contributed by atoms with Crippen LogP contribution in [0, 0.1) is 0 Å². The van der Waals surface area contributed by atoms with Crippen molar-refractivity contribution >= 4 is 20.0 Å². The van der Waals surface area contributed by atoms with E-state index in [9.17, 15) is 4.79 Å². The van der Waals surface area contributed by atoms with Gasteiger partial charge in [0.25, 0.3) is 0 Å². The first-order chi connectivity index (χ1) is 14.1. The van der Waals surface area contributed by atoms with Crippen LogP contribution < -0.4 is 5.19 Å². The van der Waals surface area contributed by atoms with Gasteiger partial charge in [0, 0.05) is 11.8 Å². The van der Waals surface area contributed by atoms with Gasteiger partial charge in [-0.1, -0.05) is 36.4 Å². The first kappa shape index (κ1) is 22.7. The molecule has 0 bridgehead atoms. The van der Waals surface area contributed by atoms with Gasteiger partial charge in [-0.15, -0.1) is 0 Å². The summed E-state index contributed by atoms with van der Waals surface area (Å²) >= 11 is 0. The lowest BCUT2D eigenvalue weighted by Gasteiger charge is -2.37. The van der Waals surface area contributed by atoms with Crippen molar-refractivity contribution < 1.29 is 22.8 Å². The molecule has 0 N–H and O–H groups in total. The molecule has 0 unspecified atom stereocenters. The Kier molecular flexibility index (Phi) is 6.53. The van der Waals surface area contributed by atoms with Crippen molar-refractivity contribution in [2.45, 2.75) is 58.7 Å². The molecule has 30 heavy (non-hydrogen) atoms. The first-order valence-electron chi connectivity index (χ1n) is 10.4. The maximum absolute atomic E-state index is 11.7. The van der Waals surface area contributed by atoms with Gasteiger partial charge < -0.3 is 18.0 Å². The molecular weight excluding hydrogens is 396 g/mol. The standard InChI is InChI=1S/C24H32O5Si/c1-7-27-30(28-23(2,3)16-17-24(4,5)29-30)21-14-12-19(13-15-21)18-8-10-20(11-9-18)22(25)26-6/h8-15H,7,16-17H2,1-6H3. The molecule has 1 aliphatic rings. The number of hydrogen-bond donors (Lipinski definition) is 0. The second-order valence-electron chi connectivity index (χ2n) is 8.86. The average Bonchev–Trinajstić information content (AvgIpc) is 2.81. The minimum absolute atomic E-state index is 0.322. The third-order valence-electron chi connectivity index (χ3n) is 5.36. The molecule has 0 saturated carbocycles. The van der Waals surface area contributed by atoms with Gasteiger partial charge in [0.05, 0.1) is 23.9 Å². The van der Waals surface area contributed by atoms with Crippen molar-refractivity contribution in [3.8, 4) is 11.1 Å². The molecule has 1 fully saturated rings. The van der Waals surface area contributed by atoms with Crippen LogP contribution in [0.5, 0.6) is 0 Å². The van der Waals surface area contributed by atoms with Crippen LogP contribution in [0.25, 0.3) is 11.1 Å². The summed E-state index contributed by atoms with van der Waals surface area (Å²) in [5, 5.41) is 0.960. The lowest BCUT2D eigenvalue weighted by Crippen LogP contribution is -2.61. The lowest BCUT2D eigenvalue weighted by atomic mass is 9.94. The van der Waals surface area contributed by atoms with Gasteiger partial charge in [-0.3, -0.25) is 0 Å². The Morgan fingerprint density at radius 2 is 1.37 bits per heavy atom. The molecule has 0 amide bonds. The Morgan fingerprint density at radius 3 is 1.80 bits per heavy atom. The molecular formula is C24H32O5Si. The largest absolute Gasteiger partial charge is 0.538 e. The Bertz CT molecular complexity index is 853. The molecule has 0 aromatic heterocycles. The maximum Gasteiger partial charge on any atom is 0.538 e. The molecule has 1 heterocycles. The summed E-state index contributed by atoms with van der Waals surface area (Å²) in [6.45, 7) is 10.9. The smallest absolute Gasteiger partial charge is 0.465 e. The minimum atomic E-state index is -3.09. The fourth-order valence-corrected chi connectivity index (χ4v) is 6.86. The highest BCUT2D eigenvalue weighted by Crippen LogP contribution is 2.36. The van der Waals surface area contributed by atoms with Crippen LogP contribution in [0.3, 0.4) is 0 Å². The van der Waals surface area contributed by atoms with Crippen LogP contribution in [0.4, 0.5) is 0 Å². The number of esters is 1. The lowest BCUT2D eigenvalue weighted by molar-refractivity contribution is -0.0115. The molecule has 5 nitrogen and oxygen atoms in total. The third-order valence-corrected chi connectivity index (χ3v) is 8.71. The van der Waals surface area contributed by atoms with Gasteiger partial charge in [0.2, 0.25) is 0 Å². The summed E-state index contributed by atoms with van der Waals surface area (Å²) in [4.78, 5) is 11.7. The fraction of sp³-hybridized carbons (Fsp3) is 0.458. The second kappa shape index (κ2) is 8.63. The van der Waals surface area contributed by atoms with Gasteiger partial charge in [-0.25, -0.2) is 4.79 Å². The Hall–Kier alpha value is -1.99. The number of ether oxygens (including phenoxy) is 1. The van der Waals surface area contributed by atoms with Gasteiger partial charge in [-0.2, -0.15) is 0 Å². The van der Waals surface area contributed by atoms with Crippen molar-refractivity contribution in [3.63, 3.8) is 0 Å². The summed E-state index contributed by atoms with van der Waals surface area (Å²) in [6, 6.07) is 15.6. The average molecular weight is 429 g/mol. The molecule has 2 aromatic carbocycles. The van der Waals surface area contributed by atoms with Crippen molar-refractivity contribution in [3.05, 3.63) is 54.1 Å². The van der Waals surface area contributed by atoms with E-state index in [1.807, 2.05) is 43.3 Å². The molecule has 0 aliphatic carbocycles. The number of hydrogen-bond acceptors (Lipinski definition) is 5. The zero-order chi connectivity index (χ0) is 22.0. The number of rotatable bonds is 5. The summed E-state index contributed by atoms with van der Waals surface area (Å²) in [6.07, 6.45) is 1.82. The van der Waals surface area contributed by atoms with Crippen molar-refractivity contribution in [1.29, 1.82) is 0 Å². The van der Waals surface area contributed by atoms with Gasteiger partial charge in [0.15, 0.2) is 0 Å². The Balaban J connectivity index is 1.94. The van der Waals surface area contributed by atoms with Crippen LogP contribution in [0.15, 0.2) is 48.5 Å². The highest BCUT2D eigenvalue weighted by Gasteiger charge is 2.53. The third kappa shape index (κ3) is 5.00. The van der Waals surface area contributed by atoms with E-state index in [0.717, 1.165) is 29.2 Å². The predicted molar refractivity (Wildman–Crippen MR) is 120 cm³/mol. The molecule has 0 spiro atoms. The van der Waals surface area contributed by atoms with E-state index in [2.05, 4.69) is 27.7 Å². The first-order valence-corrected chi connectivity index (χ1v) is 12.2. The topological polar surface area (TPSA) is 54.0 Å². The molecule has 6 heteroatoms. The number of carbonyl (C=O) groups excluding carboxylic acids is 1. The van der Waals surface area contributed by atoms with Crippen LogP contribution in [0.2, 0.25) is 0 Å². The monoisotopic (exact) mass is 428 g/mol. The van der Waals surface area contributed by atoms with Gasteiger partial charge >= 0.3 is 14.8 Å². The van der Waals surface area contributed by atoms with Crippen LogP contribution in [0.1, 0.15) is 57.8 Å². The SMILES string of the molecule is CCO[Si]1(c2ccc(-c3ccc(C(=O)OC)cc3)cc2)OC(C)(C)CCC(C)(C)O1. The van der Waals surface area contributed by atoms with Gasteiger partial charge in [-0.05, 0) is 70.7 Å². The molecule has 162 valence electrons. The molecule has 2 aromatic rings. The quantitative estimate of drug-likeness (QED) is 0.510. The van der Waals surface area contributed by atoms with E-state index in [-0.39, 0.29) is 17.2 Å². The number of methoxy groups -OCH3 is 1. The van der Waals surface area contributed by atoms with E-state index < -0.39 is 8.80 Å². The van der Waals surface area contributed by atoms with Crippen LogP contribution in [-0.4, -0.2) is 39.7 Å². The molecule has 1 aliphatic heterocycles. The van der Waals surface area contributed by atoms with E-state index >= 15 is 0 Å². The molecule has 0 radical (unpaired) electrons. The summed E-state index contributed by atoms with van der Waals surface area (Å²) in [7, 11) is -1.71. The van der Waals surface area contributed by atoms with Gasteiger partial charge in [0.1, 0.15) is 0 Å². The van der Waals surface area contributed by atoms with Crippen molar-refractivity contribution in [2.75, 3.05) is 13.7 Å². The second-order valence-corrected chi connectivity index (χ2v) is 11.2. The van der Waals surface area contributed by atoms with E-state index in [4.69, 9.17) is 18.0 Å². The summed E-state index contributed by atoms with van der Waals surface area (Å²) in [5.74, 6) is -0.338. The van der Waals surface area contributed by atoms with E-state index in [1.54, 1.807) is 12.1 Å². The minimum Gasteiger partial charge on any atom is -0.465 e. The van der Waals surface area contributed by atoms with Crippen molar-refractivity contribution in [1.82, 2.24) is 0 Å². The highest BCUT2D eigenvalue weighted by molar-refractivity contribution is 6.75. The maximum atomic E-state index is 11.7.